The van der Waals surface area contributed by atoms with Gasteiger partial charge in [0.05, 0.1) is 0 Å². The number of nitrogens with two attached hydrogens (primary N) is 1. The molecule has 0 aliphatic heterocycles. The van der Waals surface area contributed by atoms with E-state index in [1.54, 1.807) is 0 Å². The maximum absolute atomic E-state index is 5.77. The minimum absolute atomic E-state index is 0.709. The first-order chi connectivity index (χ1) is 8.15. The first-order valence-corrected chi connectivity index (χ1v) is 6.23. The average Bonchev–Trinajstić information content (AvgIpc) is 2.64. The van der Waals surface area contributed by atoms with E-state index in [1.165, 1.54) is 22.7 Å². The molecule has 0 saturated heterocycles. The second kappa shape index (κ2) is 5.25. The molecule has 4 nitrogen and oxygen atoms in total. The van der Waals surface area contributed by atoms with Gasteiger partial charge in [0.25, 0.3) is 0 Å². The van der Waals surface area contributed by atoms with Crippen LogP contribution in [0, 0.1) is 6.92 Å². The molecule has 0 aliphatic rings. The molecule has 1 aromatic carbocycles. The molecule has 5 heteroatoms. The van der Waals surface area contributed by atoms with Gasteiger partial charge in [-0.1, -0.05) is 34.3 Å². The first kappa shape index (κ1) is 12.0. The van der Waals surface area contributed by atoms with E-state index >= 15 is 0 Å². The molecule has 90 valence electrons. The molecule has 0 atom stereocenters. The summed E-state index contributed by atoms with van der Waals surface area (Å²) in [6.45, 7) is 3.72. The molecule has 0 amide bonds. The van der Waals surface area contributed by atoms with E-state index in [0.717, 1.165) is 18.8 Å². The highest BCUT2D eigenvalue weighted by Crippen LogP contribution is 2.15. The summed E-state index contributed by atoms with van der Waals surface area (Å²) in [5.41, 5.74) is 9.22. The van der Waals surface area contributed by atoms with Crippen molar-refractivity contribution in [3.8, 4) is 0 Å². The number of anilines is 1. The van der Waals surface area contributed by atoms with E-state index < -0.39 is 0 Å². The van der Waals surface area contributed by atoms with Crippen molar-refractivity contribution in [3.63, 3.8) is 0 Å². The number of hydrogen-bond donors (Lipinski definition) is 1. The SMILES string of the molecule is Cc1cccc(CN(C)Cc2nnsc2N)c1. The highest BCUT2D eigenvalue weighted by molar-refractivity contribution is 7.09. The van der Waals surface area contributed by atoms with Crippen molar-refractivity contribution in [2.24, 2.45) is 0 Å². The summed E-state index contributed by atoms with van der Waals surface area (Å²) in [6.07, 6.45) is 0. The zero-order valence-electron chi connectivity index (χ0n) is 10.1. The molecule has 0 unspecified atom stereocenters. The Balaban J connectivity index is 1.98. The number of aryl methyl sites for hydroxylation is 1. The third kappa shape index (κ3) is 3.25. The normalized spacial score (nSPS) is 11.0. The standard InChI is InChI=1S/C12H16N4S/c1-9-4-3-5-10(6-9)7-16(2)8-11-12(13)17-15-14-11/h3-6H,7-8,13H2,1-2H3. The number of aromatic nitrogens is 2. The van der Waals surface area contributed by atoms with Crippen molar-refractivity contribution >= 4 is 16.5 Å². The van der Waals surface area contributed by atoms with Crippen LogP contribution < -0.4 is 5.73 Å². The summed E-state index contributed by atoms with van der Waals surface area (Å²) in [4.78, 5) is 2.18. The lowest BCUT2D eigenvalue weighted by molar-refractivity contribution is 0.315. The van der Waals surface area contributed by atoms with Gasteiger partial charge in [-0.3, -0.25) is 4.90 Å². The number of nitrogen functional groups attached to an aromatic ring is 1. The van der Waals surface area contributed by atoms with Crippen LogP contribution in [-0.2, 0) is 13.1 Å². The van der Waals surface area contributed by atoms with Crippen LogP contribution in [0.1, 0.15) is 16.8 Å². The van der Waals surface area contributed by atoms with E-state index in [0.29, 0.717) is 5.00 Å². The second-order valence-corrected chi connectivity index (χ2v) is 5.03. The summed E-state index contributed by atoms with van der Waals surface area (Å²) in [5.74, 6) is 0. The van der Waals surface area contributed by atoms with Gasteiger partial charge in [0, 0.05) is 24.6 Å². The van der Waals surface area contributed by atoms with Gasteiger partial charge in [-0.15, -0.1) is 5.10 Å². The van der Waals surface area contributed by atoms with Crippen molar-refractivity contribution in [3.05, 3.63) is 41.1 Å². The Morgan fingerprint density at radius 1 is 1.35 bits per heavy atom. The number of benzene rings is 1. The van der Waals surface area contributed by atoms with Crippen LogP contribution in [0.15, 0.2) is 24.3 Å². The van der Waals surface area contributed by atoms with Crippen molar-refractivity contribution in [2.75, 3.05) is 12.8 Å². The van der Waals surface area contributed by atoms with Gasteiger partial charge in [-0.25, -0.2) is 0 Å². The Kier molecular flexibility index (Phi) is 3.71. The lowest BCUT2D eigenvalue weighted by Crippen LogP contribution is -2.18. The van der Waals surface area contributed by atoms with Gasteiger partial charge in [-0.2, -0.15) is 0 Å². The molecular formula is C12H16N4S. The summed E-state index contributed by atoms with van der Waals surface area (Å²) in [5, 5.41) is 4.73. The van der Waals surface area contributed by atoms with E-state index in [9.17, 15) is 0 Å². The van der Waals surface area contributed by atoms with Crippen LogP contribution in [-0.4, -0.2) is 21.5 Å². The summed E-state index contributed by atoms with van der Waals surface area (Å²) < 4.78 is 3.84. The number of hydrogen-bond acceptors (Lipinski definition) is 5. The fourth-order valence-corrected chi connectivity index (χ4v) is 2.20. The summed E-state index contributed by atoms with van der Waals surface area (Å²) in [7, 11) is 2.06. The topological polar surface area (TPSA) is 55.0 Å². The Bertz CT molecular complexity index is 495. The van der Waals surface area contributed by atoms with Crippen LogP contribution in [0.4, 0.5) is 5.00 Å². The third-order valence-corrected chi connectivity index (χ3v) is 3.14. The molecule has 0 radical (unpaired) electrons. The van der Waals surface area contributed by atoms with E-state index in [-0.39, 0.29) is 0 Å². The predicted molar refractivity (Wildman–Crippen MR) is 70.7 cm³/mol. The Hall–Kier alpha value is -1.46. The fourth-order valence-electron chi connectivity index (χ4n) is 1.76. The Morgan fingerprint density at radius 3 is 2.82 bits per heavy atom. The van der Waals surface area contributed by atoms with Crippen molar-refractivity contribution in [1.82, 2.24) is 14.5 Å². The molecule has 17 heavy (non-hydrogen) atoms. The molecule has 2 N–H and O–H groups in total. The van der Waals surface area contributed by atoms with E-state index in [4.69, 9.17) is 5.73 Å². The second-order valence-electron chi connectivity index (χ2n) is 4.25. The molecule has 0 fully saturated rings. The average molecular weight is 248 g/mol. The number of nitrogens with zero attached hydrogens (tertiary/aromatic N) is 3. The highest BCUT2D eigenvalue weighted by atomic mass is 32.1. The quantitative estimate of drug-likeness (QED) is 0.900. The smallest absolute Gasteiger partial charge is 0.132 e. The van der Waals surface area contributed by atoms with Gasteiger partial charge in [0.15, 0.2) is 0 Å². The van der Waals surface area contributed by atoms with Crippen LogP contribution in [0.5, 0.6) is 0 Å². The van der Waals surface area contributed by atoms with Gasteiger partial charge >= 0.3 is 0 Å². The zero-order valence-corrected chi connectivity index (χ0v) is 10.9. The molecule has 2 rings (SSSR count). The van der Waals surface area contributed by atoms with E-state index in [2.05, 4.69) is 52.7 Å². The molecule has 0 spiro atoms. The van der Waals surface area contributed by atoms with Crippen molar-refractivity contribution < 1.29 is 0 Å². The van der Waals surface area contributed by atoms with Crippen LogP contribution in [0.2, 0.25) is 0 Å². The Morgan fingerprint density at radius 2 is 2.18 bits per heavy atom. The molecule has 0 saturated carbocycles. The Labute approximate surface area is 105 Å². The largest absolute Gasteiger partial charge is 0.388 e. The van der Waals surface area contributed by atoms with Crippen LogP contribution in [0.25, 0.3) is 0 Å². The lowest BCUT2D eigenvalue weighted by atomic mass is 10.1. The van der Waals surface area contributed by atoms with Gasteiger partial charge in [-0.05, 0) is 19.5 Å². The maximum atomic E-state index is 5.77. The minimum Gasteiger partial charge on any atom is -0.388 e. The maximum Gasteiger partial charge on any atom is 0.132 e. The van der Waals surface area contributed by atoms with Crippen LogP contribution >= 0.6 is 11.5 Å². The third-order valence-electron chi connectivity index (χ3n) is 2.54. The molecule has 0 aliphatic carbocycles. The van der Waals surface area contributed by atoms with Crippen LogP contribution in [0.3, 0.4) is 0 Å². The molecular weight excluding hydrogens is 232 g/mol. The first-order valence-electron chi connectivity index (χ1n) is 5.46. The fraction of sp³-hybridized carbons (Fsp3) is 0.333. The minimum atomic E-state index is 0.709. The van der Waals surface area contributed by atoms with Gasteiger partial charge in [0.1, 0.15) is 10.7 Å². The van der Waals surface area contributed by atoms with Gasteiger partial charge < -0.3 is 5.73 Å². The van der Waals surface area contributed by atoms with Gasteiger partial charge in [0.2, 0.25) is 0 Å². The molecule has 1 heterocycles. The van der Waals surface area contributed by atoms with Crippen molar-refractivity contribution in [2.45, 2.75) is 20.0 Å². The monoisotopic (exact) mass is 248 g/mol. The molecule has 2 aromatic rings. The highest BCUT2D eigenvalue weighted by Gasteiger charge is 2.08. The summed E-state index contributed by atoms with van der Waals surface area (Å²) in [6, 6.07) is 8.51. The number of rotatable bonds is 4. The van der Waals surface area contributed by atoms with Crippen molar-refractivity contribution in [1.29, 1.82) is 0 Å². The molecule has 1 aromatic heterocycles. The van der Waals surface area contributed by atoms with E-state index in [1.807, 2.05) is 0 Å². The summed E-state index contributed by atoms with van der Waals surface area (Å²) >= 11 is 1.25. The molecule has 0 bridgehead atoms. The predicted octanol–water partition coefficient (Wildman–Crippen LogP) is 2.06. The lowest BCUT2D eigenvalue weighted by Gasteiger charge is -2.15. The zero-order chi connectivity index (χ0) is 12.3.